The van der Waals surface area contributed by atoms with Crippen LogP contribution in [0.3, 0.4) is 0 Å². The Morgan fingerprint density at radius 1 is 1.00 bits per heavy atom. The molecule has 0 saturated carbocycles. The van der Waals surface area contributed by atoms with Crippen LogP contribution in [0, 0.1) is 6.92 Å². The average molecular weight is 447 g/mol. The summed E-state index contributed by atoms with van der Waals surface area (Å²) in [6.45, 7) is 9.99. The van der Waals surface area contributed by atoms with Crippen LogP contribution in [0.25, 0.3) is 5.69 Å². The molecule has 1 saturated heterocycles. The lowest BCUT2D eigenvalue weighted by Gasteiger charge is -2.36. The molecule has 1 aliphatic heterocycles. The van der Waals surface area contributed by atoms with Gasteiger partial charge in [-0.15, -0.1) is 0 Å². The molecule has 33 heavy (non-hydrogen) atoms. The largest absolute Gasteiger partial charge is 0.367 e. The van der Waals surface area contributed by atoms with Crippen LogP contribution >= 0.6 is 0 Å². The first-order valence-electron chi connectivity index (χ1n) is 11.9. The second-order valence-corrected chi connectivity index (χ2v) is 8.44. The second-order valence-electron chi connectivity index (χ2n) is 8.44. The zero-order valence-corrected chi connectivity index (χ0v) is 19.6. The van der Waals surface area contributed by atoms with E-state index in [0.717, 1.165) is 68.3 Å². The van der Waals surface area contributed by atoms with E-state index in [0.29, 0.717) is 6.54 Å². The Balaban J connectivity index is 1.26. The van der Waals surface area contributed by atoms with E-state index >= 15 is 0 Å². The highest BCUT2D eigenvalue weighted by Crippen LogP contribution is 2.26. The predicted octanol–water partition coefficient (Wildman–Crippen LogP) is 4.08. The highest BCUT2D eigenvalue weighted by molar-refractivity contribution is 5.93. The average Bonchev–Trinajstić information content (AvgIpc) is 3.23. The number of carbonyl (C=O) groups excluding carboxylic acids is 1. The van der Waals surface area contributed by atoms with Gasteiger partial charge in [0.2, 0.25) is 0 Å². The first-order valence-corrected chi connectivity index (χ1v) is 11.9. The first-order chi connectivity index (χ1) is 16.1. The fourth-order valence-electron chi connectivity index (χ4n) is 4.26. The molecule has 4 rings (SSSR count). The van der Waals surface area contributed by atoms with Gasteiger partial charge in [-0.3, -0.25) is 0 Å². The quantitative estimate of drug-likeness (QED) is 0.512. The molecule has 0 spiro atoms. The molecular weight excluding hydrogens is 412 g/mol. The van der Waals surface area contributed by atoms with Gasteiger partial charge in [0.1, 0.15) is 0 Å². The van der Waals surface area contributed by atoms with Crippen molar-refractivity contribution in [1.29, 1.82) is 0 Å². The van der Waals surface area contributed by atoms with Crippen LogP contribution in [0.4, 0.5) is 16.2 Å². The van der Waals surface area contributed by atoms with E-state index < -0.39 is 0 Å². The first kappa shape index (κ1) is 22.9. The molecule has 0 bridgehead atoms. The van der Waals surface area contributed by atoms with Crippen molar-refractivity contribution in [3.8, 4) is 5.69 Å². The highest BCUT2D eigenvalue weighted by Gasteiger charge is 2.18. The Kier molecular flexibility index (Phi) is 7.62. The third kappa shape index (κ3) is 5.93. The zero-order chi connectivity index (χ0) is 23.0. The molecule has 0 unspecified atom stereocenters. The highest BCUT2D eigenvalue weighted by atomic mass is 16.2. The van der Waals surface area contributed by atoms with Gasteiger partial charge in [-0.2, -0.15) is 5.10 Å². The number of carbonyl (C=O) groups is 1. The third-order valence-corrected chi connectivity index (χ3v) is 6.24. The fourth-order valence-corrected chi connectivity index (χ4v) is 4.26. The van der Waals surface area contributed by atoms with Gasteiger partial charge in [0.05, 0.1) is 22.8 Å². The van der Waals surface area contributed by atoms with Crippen LogP contribution in [-0.2, 0) is 6.42 Å². The topological polar surface area (TPSA) is 65.4 Å². The lowest BCUT2D eigenvalue weighted by Crippen LogP contribution is -2.46. The van der Waals surface area contributed by atoms with E-state index in [2.05, 4.69) is 44.7 Å². The molecule has 7 nitrogen and oxygen atoms in total. The van der Waals surface area contributed by atoms with Gasteiger partial charge in [-0.1, -0.05) is 37.3 Å². The van der Waals surface area contributed by atoms with E-state index in [1.165, 1.54) is 5.56 Å². The van der Waals surface area contributed by atoms with Gasteiger partial charge in [0.25, 0.3) is 0 Å². The number of hydrogen-bond donors (Lipinski definition) is 2. The molecule has 7 heteroatoms. The number of aryl methyl sites for hydroxylation is 2. The third-order valence-electron chi connectivity index (χ3n) is 6.24. The zero-order valence-electron chi connectivity index (χ0n) is 19.6. The summed E-state index contributed by atoms with van der Waals surface area (Å²) in [6.07, 6.45) is 3.81. The lowest BCUT2D eigenvalue weighted by molar-refractivity contribution is 0.252. The number of rotatable bonds is 8. The number of hydrogen-bond acceptors (Lipinski definition) is 4. The van der Waals surface area contributed by atoms with E-state index in [1.807, 2.05) is 60.1 Å². The van der Waals surface area contributed by atoms with Crippen molar-refractivity contribution >= 4 is 17.4 Å². The van der Waals surface area contributed by atoms with Crippen LogP contribution in [0.1, 0.15) is 24.6 Å². The second kappa shape index (κ2) is 11.0. The molecular formula is C26H34N6O. The molecule has 2 amide bonds. The van der Waals surface area contributed by atoms with Gasteiger partial charge in [-0.25, -0.2) is 9.48 Å². The number of benzene rings is 2. The van der Waals surface area contributed by atoms with Crippen LogP contribution in [0.15, 0.2) is 60.8 Å². The fraction of sp³-hybridized carbons (Fsp3) is 0.385. The SMILES string of the molecule is CCN1CCN(c2ccccc2NC(=O)NCCCc2cn(-c3ccccc3)nc2C)CC1. The van der Waals surface area contributed by atoms with Crippen molar-refractivity contribution in [2.75, 3.05) is 49.5 Å². The van der Waals surface area contributed by atoms with Gasteiger partial charge in [-0.05, 0) is 56.1 Å². The summed E-state index contributed by atoms with van der Waals surface area (Å²) in [7, 11) is 0. The minimum atomic E-state index is -0.161. The smallest absolute Gasteiger partial charge is 0.319 e. The maximum atomic E-state index is 12.5. The van der Waals surface area contributed by atoms with Crippen molar-refractivity contribution in [3.63, 3.8) is 0 Å². The summed E-state index contributed by atoms with van der Waals surface area (Å²) in [5.41, 5.74) is 5.24. The van der Waals surface area contributed by atoms with Gasteiger partial charge in [0, 0.05) is 38.9 Å². The molecule has 3 aromatic rings. The van der Waals surface area contributed by atoms with E-state index in [-0.39, 0.29) is 6.03 Å². The summed E-state index contributed by atoms with van der Waals surface area (Å²) in [6, 6.07) is 18.0. The Morgan fingerprint density at radius 2 is 1.73 bits per heavy atom. The molecule has 2 heterocycles. The summed E-state index contributed by atoms with van der Waals surface area (Å²) >= 11 is 0. The number of amides is 2. The normalized spacial score (nSPS) is 14.3. The van der Waals surface area contributed by atoms with Crippen LogP contribution in [-0.4, -0.2) is 60.0 Å². The van der Waals surface area contributed by atoms with Gasteiger partial charge >= 0.3 is 6.03 Å². The Labute approximate surface area is 196 Å². The minimum absolute atomic E-state index is 0.161. The van der Waals surface area contributed by atoms with Crippen molar-refractivity contribution in [1.82, 2.24) is 20.0 Å². The molecule has 1 aliphatic rings. The molecule has 1 fully saturated rings. The number of aromatic nitrogens is 2. The molecule has 2 N–H and O–H groups in total. The Morgan fingerprint density at radius 3 is 2.48 bits per heavy atom. The summed E-state index contributed by atoms with van der Waals surface area (Å²) in [5, 5.41) is 10.7. The number of piperazine rings is 1. The maximum absolute atomic E-state index is 12.5. The van der Waals surface area contributed by atoms with Crippen molar-refractivity contribution < 1.29 is 4.79 Å². The summed E-state index contributed by atoms with van der Waals surface area (Å²) in [4.78, 5) is 17.4. The predicted molar refractivity (Wildman–Crippen MR) is 134 cm³/mol. The molecule has 1 aromatic heterocycles. The monoisotopic (exact) mass is 446 g/mol. The number of urea groups is 1. The number of likely N-dealkylation sites (N-methyl/N-ethyl adjacent to an activating group) is 1. The molecule has 0 radical (unpaired) electrons. The van der Waals surface area contributed by atoms with Crippen molar-refractivity contribution in [2.24, 2.45) is 0 Å². The maximum Gasteiger partial charge on any atom is 0.319 e. The number of anilines is 2. The van der Waals surface area contributed by atoms with Crippen LogP contribution in [0.2, 0.25) is 0 Å². The molecule has 0 aliphatic carbocycles. The number of nitrogens with one attached hydrogen (secondary N) is 2. The minimum Gasteiger partial charge on any atom is -0.367 e. The standard InChI is InChI=1S/C26H34N6O/c1-3-30-16-18-31(19-17-30)25-14-8-7-13-24(25)28-26(33)27-15-9-10-22-20-32(29-21(22)2)23-11-5-4-6-12-23/h4-8,11-14,20H,3,9-10,15-19H2,1-2H3,(H2,27,28,33). The molecule has 2 aromatic carbocycles. The Bertz CT molecular complexity index is 1040. The molecule has 0 atom stereocenters. The van der Waals surface area contributed by atoms with Gasteiger partial charge < -0.3 is 20.4 Å². The number of nitrogens with zero attached hydrogens (tertiary/aromatic N) is 4. The van der Waals surface area contributed by atoms with E-state index in [9.17, 15) is 4.79 Å². The van der Waals surface area contributed by atoms with Crippen LogP contribution < -0.4 is 15.5 Å². The van der Waals surface area contributed by atoms with Crippen LogP contribution in [0.5, 0.6) is 0 Å². The van der Waals surface area contributed by atoms with Crippen molar-refractivity contribution in [2.45, 2.75) is 26.7 Å². The van der Waals surface area contributed by atoms with E-state index in [1.54, 1.807) is 0 Å². The van der Waals surface area contributed by atoms with E-state index in [4.69, 9.17) is 0 Å². The summed E-state index contributed by atoms with van der Waals surface area (Å²) in [5.74, 6) is 0. The lowest BCUT2D eigenvalue weighted by atomic mass is 10.1. The molecule has 174 valence electrons. The van der Waals surface area contributed by atoms with Gasteiger partial charge in [0.15, 0.2) is 0 Å². The Hall–Kier alpha value is -3.32. The number of para-hydroxylation sites is 3. The summed E-state index contributed by atoms with van der Waals surface area (Å²) < 4.78 is 1.92. The van der Waals surface area contributed by atoms with Crippen molar-refractivity contribution in [3.05, 3.63) is 72.1 Å².